The van der Waals surface area contributed by atoms with E-state index in [0.717, 1.165) is 10.7 Å². The molecule has 1 aromatic heterocycles. The number of anilines is 1. The van der Waals surface area contributed by atoms with Gasteiger partial charge >= 0.3 is 6.18 Å². The summed E-state index contributed by atoms with van der Waals surface area (Å²) >= 11 is 0. The number of amidine groups is 1. The van der Waals surface area contributed by atoms with Crippen LogP contribution >= 0.6 is 0 Å². The molecule has 146 valence electrons. The van der Waals surface area contributed by atoms with Crippen LogP contribution in [-0.4, -0.2) is 21.3 Å². The number of halogens is 4. The number of nitrogens with two attached hydrogens (primary N) is 1. The highest BCUT2D eigenvalue weighted by atomic mass is 19.4. The third-order valence-corrected chi connectivity index (χ3v) is 4.28. The molecule has 0 atom stereocenters. The van der Waals surface area contributed by atoms with Crippen molar-refractivity contribution in [3.63, 3.8) is 0 Å². The predicted octanol–water partition coefficient (Wildman–Crippen LogP) is 3.14. The monoisotopic (exact) mass is 393 g/mol. The second-order valence-electron chi connectivity index (χ2n) is 6.15. The van der Waals surface area contributed by atoms with Crippen LogP contribution in [0.1, 0.15) is 29.8 Å². The molecule has 4 N–H and O–H groups in total. The van der Waals surface area contributed by atoms with Crippen LogP contribution in [0.15, 0.2) is 23.3 Å². The Kier molecular flexibility index (Phi) is 5.04. The van der Waals surface area contributed by atoms with Crippen molar-refractivity contribution in [2.45, 2.75) is 31.9 Å². The molecule has 2 aromatic rings. The average molecular weight is 393 g/mol. The van der Waals surface area contributed by atoms with Gasteiger partial charge in [-0.3, -0.25) is 10.8 Å². The fraction of sp³-hybridized carbons (Fsp3) is 0.294. The number of nitriles is 1. The Morgan fingerprint density at radius 1 is 1.32 bits per heavy atom. The summed E-state index contributed by atoms with van der Waals surface area (Å²) in [6.45, 7) is 0. The van der Waals surface area contributed by atoms with Gasteiger partial charge in [0.1, 0.15) is 11.8 Å². The van der Waals surface area contributed by atoms with Crippen molar-refractivity contribution in [1.29, 1.82) is 10.7 Å². The highest BCUT2D eigenvalue weighted by Gasteiger charge is 2.39. The topological polar surface area (TPSA) is 116 Å². The van der Waals surface area contributed by atoms with Gasteiger partial charge in [0.2, 0.25) is 5.71 Å². The second kappa shape index (κ2) is 7.30. The lowest BCUT2D eigenvalue weighted by molar-refractivity contribution is -0.142. The number of alkyl halides is 3. The summed E-state index contributed by atoms with van der Waals surface area (Å²) in [6, 6.07) is 5.26. The Labute approximate surface area is 157 Å². The highest BCUT2D eigenvalue weighted by Crippen LogP contribution is 2.37. The molecule has 0 unspecified atom stereocenters. The van der Waals surface area contributed by atoms with Gasteiger partial charge in [0, 0.05) is 17.3 Å². The molecule has 0 saturated heterocycles. The summed E-state index contributed by atoms with van der Waals surface area (Å²) < 4.78 is 55.5. The normalized spacial score (nSPS) is 14.3. The number of nitrogens with one attached hydrogen (secondary N) is 2. The van der Waals surface area contributed by atoms with Gasteiger partial charge in [-0.05, 0) is 37.8 Å². The molecule has 1 aliphatic carbocycles. The Morgan fingerprint density at radius 3 is 2.64 bits per heavy atom. The smallest absolute Gasteiger partial charge is 0.382 e. The van der Waals surface area contributed by atoms with Crippen molar-refractivity contribution in [3.05, 3.63) is 41.0 Å². The molecule has 1 aromatic carbocycles. The Bertz CT molecular complexity index is 998. The molecular formula is C17H15F4N7. The minimum atomic E-state index is -4.61. The molecule has 0 bridgehead atoms. The van der Waals surface area contributed by atoms with Crippen LogP contribution in [0.5, 0.6) is 0 Å². The second-order valence-corrected chi connectivity index (χ2v) is 6.15. The molecule has 0 saturated carbocycles. The first-order chi connectivity index (χ1) is 13.2. The number of rotatable bonds is 4. The summed E-state index contributed by atoms with van der Waals surface area (Å²) in [5.74, 6) is -1.37. The van der Waals surface area contributed by atoms with Crippen molar-refractivity contribution < 1.29 is 17.6 Å². The molecule has 0 spiro atoms. The standard InChI is InChI=1S/C17H15F4N7/c18-11-7-9(25-26-12(8-22)16(23)24)5-6-14(11)28-13-4-2-1-3-10(13)15(27-28)17(19,20)21/h5-7,25H,1-4H2,(H3,23,24)/b26-12+. The van der Waals surface area contributed by atoms with E-state index in [9.17, 15) is 17.6 Å². The van der Waals surface area contributed by atoms with Crippen LogP contribution in [-0.2, 0) is 19.0 Å². The molecule has 1 aliphatic rings. The first kappa shape index (κ1) is 19.3. The fourth-order valence-electron chi connectivity index (χ4n) is 3.04. The molecule has 0 fully saturated rings. The Hall–Kier alpha value is -3.42. The van der Waals surface area contributed by atoms with Crippen LogP contribution < -0.4 is 11.2 Å². The van der Waals surface area contributed by atoms with Crippen molar-refractivity contribution in [2.24, 2.45) is 10.8 Å². The molecular weight excluding hydrogens is 378 g/mol. The number of fused-ring (bicyclic) bond motifs is 1. The van der Waals surface area contributed by atoms with Crippen LogP contribution in [0, 0.1) is 22.6 Å². The summed E-state index contributed by atoms with van der Waals surface area (Å²) in [4.78, 5) is 0. The maximum absolute atomic E-state index is 14.6. The Balaban J connectivity index is 1.99. The van der Waals surface area contributed by atoms with E-state index < -0.39 is 23.5 Å². The van der Waals surface area contributed by atoms with E-state index in [1.54, 1.807) is 6.07 Å². The van der Waals surface area contributed by atoms with Crippen LogP contribution in [0.2, 0.25) is 0 Å². The maximum Gasteiger partial charge on any atom is 0.435 e. The number of hydrogen-bond acceptors (Lipinski definition) is 5. The van der Waals surface area contributed by atoms with E-state index in [-0.39, 0.29) is 29.1 Å². The summed E-state index contributed by atoms with van der Waals surface area (Å²) in [5.41, 5.74) is 6.67. The van der Waals surface area contributed by atoms with E-state index >= 15 is 0 Å². The van der Waals surface area contributed by atoms with E-state index in [0.29, 0.717) is 25.0 Å². The van der Waals surface area contributed by atoms with Crippen LogP contribution in [0.3, 0.4) is 0 Å². The van der Waals surface area contributed by atoms with Gasteiger partial charge in [0.15, 0.2) is 17.3 Å². The quantitative estimate of drug-likeness (QED) is 0.320. The lowest BCUT2D eigenvalue weighted by Gasteiger charge is -2.15. The van der Waals surface area contributed by atoms with Crippen molar-refractivity contribution in [2.75, 3.05) is 5.43 Å². The minimum absolute atomic E-state index is 0.116. The van der Waals surface area contributed by atoms with Crippen molar-refractivity contribution >= 4 is 17.2 Å². The number of nitrogens with zero attached hydrogens (tertiary/aromatic N) is 4. The number of hydrazone groups is 1. The van der Waals surface area contributed by atoms with Gasteiger partial charge in [-0.15, -0.1) is 0 Å². The minimum Gasteiger partial charge on any atom is -0.382 e. The lowest BCUT2D eigenvalue weighted by atomic mass is 9.95. The zero-order valence-corrected chi connectivity index (χ0v) is 14.4. The first-order valence-electron chi connectivity index (χ1n) is 8.28. The maximum atomic E-state index is 14.6. The van der Waals surface area contributed by atoms with E-state index in [2.05, 4.69) is 15.6 Å². The van der Waals surface area contributed by atoms with Crippen molar-refractivity contribution in [3.8, 4) is 11.8 Å². The van der Waals surface area contributed by atoms with Crippen LogP contribution in [0.25, 0.3) is 5.69 Å². The van der Waals surface area contributed by atoms with Crippen LogP contribution in [0.4, 0.5) is 23.2 Å². The Morgan fingerprint density at radius 2 is 2.04 bits per heavy atom. The number of benzene rings is 1. The molecule has 11 heteroatoms. The molecule has 1 heterocycles. The zero-order valence-electron chi connectivity index (χ0n) is 14.4. The van der Waals surface area contributed by atoms with Gasteiger partial charge in [-0.1, -0.05) is 0 Å². The fourth-order valence-corrected chi connectivity index (χ4v) is 3.04. The molecule has 3 rings (SSSR count). The lowest BCUT2D eigenvalue weighted by Crippen LogP contribution is -2.21. The average Bonchev–Trinajstić information content (AvgIpc) is 3.02. The van der Waals surface area contributed by atoms with E-state index in [4.69, 9.17) is 16.4 Å². The molecule has 0 radical (unpaired) electrons. The van der Waals surface area contributed by atoms with Gasteiger partial charge in [0.25, 0.3) is 0 Å². The molecule has 28 heavy (non-hydrogen) atoms. The number of aromatic nitrogens is 2. The summed E-state index contributed by atoms with van der Waals surface area (Å²) in [7, 11) is 0. The van der Waals surface area contributed by atoms with Gasteiger partial charge in [0.05, 0.1) is 5.69 Å². The van der Waals surface area contributed by atoms with Crippen molar-refractivity contribution in [1.82, 2.24) is 9.78 Å². The first-order valence-corrected chi connectivity index (χ1v) is 8.28. The van der Waals surface area contributed by atoms with Gasteiger partial charge < -0.3 is 5.73 Å². The van der Waals surface area contributed by atoms with E-state index in [1.165, 1.54) is 12.1 Å². The van der Waals surface area contributed by atoms with Gasteiger partial charge in [-0.2, -0.15) is 28.6 Å². The summed E-state index contributed by atoms with van der Waals surface area (Å²) in [5, 5.41) is 23.2. The molecule has 7 nitrogen and oxygen atoms in total. The molecule has 0 aliphatic heterocycles. The largest absolute Gasteiger partial charge is 0.435 e. The predicted molar refractivity (Wildman–Crippen MR) is 93.8 cm³/mol. The third kappa shape index (κ3) is 3.66. The third-order valence-electron chi connectivity index (χ3n) is 4.28. The van der Waals surface area contributed by atoms with E-state index in [1.807, 2.05) is 0 Å². The molecule has 0 amide bonds. The number of hydrogen-bond donors (Lipinski definition) is 3. The summed E-state index contributed by atoms with van der Waals surface area (Å²) in [6.07, 6.45) is -2.65. The van der Waals surface area contributed by atoms with Gasteiger partial charge in [-0.25, -0.2) is 9.07 Å². The zero-order chi connectivity index (χ0) is 20.5. The SMILES string of the molecule is N#C/C(=N\Nc1ccc(-n2nc(C(F)(F)F)c3c2CCCC3)c(F)c1)C(=N)N. The highest BCUT2D eigenvalue weighted by molar-refractivity contribution is 6.45.